The molecule has 3 amide bonds. The Morgan fingerprint density at radius 2 is 2.11 bits per heavy atom. The molecule has 0 radical (unpaired) electrons. The number of carbonyl (C=O) groups is 3. The van der Waals surface area contributed by atoms with E-state index in [4.69, 9.17) is 0 Å². The molecule has 6 heteroatoms. The normalized spacial score (nSPS) is 19.3. The van der Waals surface area contributed by atoms with Crippen molar-refractivity contribution in [1.29, 1.82) is 0 Å². The van der Waals surface area contributed by atoms with Crippen molar-refractivity contribution < 1.29 is 14.4 Å². The molecule has 1 aromatic carbocycles. The maximum absolute atomic E-state index is 12.4. The van der Waals surface area contributed by atoms with E-state index >= 15 is 0 Å². The molecule has 0 spiro atoms. The minimum absolute atomic E-state index is 0.0960. The maximum Gasteiger partial charge on any atom is 0.255 e. The van der Waals surface area contributed by atoms with Gasteiger partial charge in [0.15, 0.2) is 0 Å². The van der Waals surface area contributed by atoms with Gasteiger partial charge in [0.25, 0.3) is 5.91 Å². The molecule has 1 N–H and O–H groups in total. The van der Waals surface area contributed by atoms with Crippen molar-refractivity contribution >= 4 is 33.7 Å². The quantitative estimate of drug-likeness (QED) is 0.790. The standard InChI is InChI=1S/C13H13BrN2O3/c1-7-5-9(14)3-4-10(7)13(19)16-6-11(17)15-12(18)8(16)2/h3-5,8H,6H2,1-2H3,(H,15,17,18). The van der Waals surface area contributed by atoms with Crippen LogP contribution in [0.3, 0.4) is 0 Å². The van der Waals surface area contributed by atoms with Crippen molar-refractivity contribution in [2.45, 2.75) is 19.9 Å². The lowest BCUT2D eigenvalue weighted by Gasteiger charge is -2.32. The molecule has 1 unspecified atom stereocenters. The number of hydrogen-bond acceptors (Lipinski definition) is 3. The second kappa shape index (κ2) is 5.13. The summed E-state index contributed by atoms with van der Waals surface area (Å²) in [4.78, 5) is 36.6. The van der Waals surface area contributed by atoms with E-state index in [1.165, 1.54) is 4.90 Å². The van der Waals surface area contributed by atoms with Crippen LogP contribution in [0.4, 0.5) is 0 Å². The topological polar surface area (TPSA) is 66.5 Å². The van der Waals surface area contributed by atoms with Gasteiger partial charge in [-0.25, -0.2) is 0 Å². The highest BCUT2D eigenvalue weighted by atomic mass is 79.9. The van der Waals surface area contributed by atoms with Gasteiger partial charge in [-0.15, -0.1) is 0 Å². The van der Waals surface area contributed by atoms with Gasteiger partial charge in [-0.2, -0.15) is 0 Å². The number of imide groups is 1. The van der Waals surface area contributed by atoms with Crippen molar-refractivity contribution in [1.82, 2.24) is 10.2 Å². The lowest BCUT2D eigenvalue weighted by molar-refractivity contribution is -0.138. The molecular weight excluding hydrogens is 312 g/mol. The largest absolute Gasteiger partial charge is 0.318 e. The Kier molecular flexibility index (Phi) is 3.71. The smallest absolute Gasteiger partial charge is 0.255 e. The van der Waals surface area contributed by atoms with Gasteiger partial charge in [0.2, 0.25) is 11.8 Å². The molecule has 1 aliphatic heterocycles. The van der Waals surface area contributed by atoms with Gasteiger partial charge in [0, 0.05) is 10.0 Å². The zero-order valence-corrected chi connectivity index (χ0v) is 12.2. The molecule has 0 aliphatic carbocycles. The van der Waals surface area contributed by atoms with Crippen molar-refractivity contribution in [2.24, 2.45) is 0 Å². The summed E-state index contributed by atoms with van der Waals surface area (Å²) in [5, 5.41) is 2.21. The zero-order valence-electron chi connectivity index (χ0n) is 10.6. The van der Waals surface area contributed by atoms with E-state index in [1.54, 1.807) is 19.1 Å². The van der Waals surface area contributed by atoms with Crippen LogP contribution in [-0.2, 0) is 9.59 Å². The lowest BCUT2D eigenvalue weighted by Crippen LogP contribution is -2.58. The monoisotopic (exact) mass is 324 g/mol. The lowest BCUT2D eigenvalue weighted by atomic mass is 10.1. The van der Waals surface area contributed by atoms with Crippen molar-refractivity contribution in [2.75, 3.05) is 6.54 Å². The van der Waals surface area contributed by atoms with Crippen molar-refractivity contribution in [3.05, 3.63) is 33.8 Å². The molecule has 2 rings (SSSR count). The summed E-state index contributed by atoms with van der Waals surface area (Å²) >= 11 is 3.33. The Bertz CT molecular complexity index is 571. The molecule has 0 bridgehead atoms. The number of nitrogens with zero attached hydrogens (tertiary/aromatic N) is 1. The van der Waals surface area contributed by atoms with Gasteiger partial charge in [-0.05, 0) is 37.6 Å². The van der Waals surface area contributed by atoms with E-state index in [0.717, 1.165) is 10.0 Å². The van der Waals surface area contributed by atoms with E-state index in [1.807, 2.05) is 13.0 Å². The van der Waals surface area contributed by atoms with Gasteiger partial charge in [-0.3, -0.25) is 19.7 Å². The molecule has 0 saturated carbocycles. The first kappa shape index (κ1) is 13.7. The van der Waals surface area contributed by atoms with Gasteiger partial charge in [0.1, 0.15) is 12.6 Å². The van der Waals surface area contributed by atoms with E-state index in [0.29, 0.717) is 5.56 Å². The predicted molar refractivity (Wildman–Crippen MR) is 72.5 cm³/mol. The highest BCUT2D eigenvalue weighted by molar-refractivity contribution is 9.10. The second-order valence-electron chi connectivity index (χ2n) is 4.48. The highest BCUT2D eigenvalue weighted by Crippen LogP contribution is 2.19. The van der Waals surface area contributed by atoms with Crippen LogP contribution in [0.15, 0.2) is 22.7 Å². The molecule has 100 valence electrons. The minimum atomic E-state index is -0.645. The van der Waals surface area contributed by atoms with Gasteiger partial charge in [-0.1, -0.05) is 15.9 Å². The molecule has 1 atom stereocenters. The van der Waals surface area contributed by atoms with Gasteiger partial charge < -0.3 is 4.90 Å². The van der Waals surface area contributed by atoms with Crippen LogP contribution in [0.25, 0.3) is 0 Å². The number of nitrogens with one attached hydrogen (secondary N) is 1. The number of carbonyl (C=O) groups excluding carboxylic acids is 3. The van der Waals surface area contributed by atoms with E-state index in [2.05, 4.69) is 21.2 Å². The number of aryl methyl sites for hydroxylation is 1. The fraction of sp³-hybridized carbons (Fsp3) is 0.308. The van der Waals surface area contributed by atoms with Crippen LogP contribution in [0, 0.1) is 6.92 Å². The van der Waals surface area contributed by atoms with E-state index in [9.17, 15) is 14.4 Å². The van der Waals surface area contributed by atoms with E-state index in [-0.39, 0.29) is 12.5 Å². The number of hydrogen-bond donors (Lipinski definition) is 1. The van der Waals surface area contributed by atoms with Gasteiger partial charge >= 0.3 is 0 Å². The first-order chi connectivity index (χ1) is 8.90. The number of halogens is 1. The summed E-state index contributed by atoms with van der Waals surface area (Å²) in [6.45, 7) is 3.32. The van der Waals surface area contributed by atoms with Crippen molar-refractivity contribution in [3.8, 4) is 0 Å². The first-order valence-electron chi connectivity index (χ1n) is 5.81. The maximum atomic E-state index is 12.4. The fourth-order valence-corrected chi connectivity index (χ4v) is 2.46. The molecule has 1 heterocycles. The summed E-state index contributed by atoms with van der Waals surface area (Å²) in [5.41, 5.74) is 1.29. The van der Waals surface area contributed by atoms with Crippen LogP contribution < -0.4 is 5.32 Å². The summed E-state index contributed by atoms with van der Waals surface area (Å²) < 4.78 is 0.877. The van der Waals surface area contributed by atoms with Crippen LogP contribution >= 0.6 is 15.9 Å². The third-order valence-corrected chi connectivity index (χ3v) is 3.60. The van der Waals surface area contributed by atoms with Gasteiger partial charge in [0.05, 0.1) is 0 Å². The van der Waals surface area contributed by atoms with E-state index < -0.39 is 17.9 Å². The summed E-state index contributed by atoms with van der Waals surface area (Å²) in [6, 6.07) is 4.62. The molecule has 1 saturated heterocycles. The minimum Gasteiger partial charge on any atom is -0.318 e. The molecule has 19 heavy (non-hydrogen) atoms. The molecule has 1 aromatic rings. The van der Waals surface area contributed by atoms with Crippen LogP contribution in [0.5, 0.6) is 0 Å². The number of rotatable bonds is 1. The third kappa shape index (κ3) is 2.68. The third-order valence-electron chi connectivity index (χ3n) is 3.10. The van der Waals surface area contributed by atoms with Crippen LogP contribution in [0.1, 0.15) is 22.8 Å². The number of amides is 3. The fourth-order valence-electron chi connectivity index (χ4n) is 1.98. The predicted octanol–water partition coefficient (Wildman–Crippen LogP) is 1.24. The average molecular weight is 325 g/mol. The Labute approximate surface area is 119 Å². The Morgan fingerprint density at radius 1 is 1.42 bits per heavy atom. The SMILES string of the molecule is Cc1cc(Br)ccc1C(=O)N1CC(=O)NC(=O)C1C. The highest BCUT2D eigenvalue weighted by Gasteiger charge is 2.34. The summed E-state index contributed by atoms with van der Waals surface area (Å²) in [6.07, 6.45) is 0. The number of piperazine rings is 1. The summed E-state index contributed by atoms with van der Waals surface area (Å²) in [5.74, 6) is -1.20. The second-order valence-corrected chi connectivity index (χ2v) is 5.40. The Hall–Kier alpha value is -1.69. The molecule has 1 fully saturated rings. The molecular formula is C13H13BrN2O3. The molecule has 5 nitrogen and oxygen atoms in total. The van der Waals surface area contributed by atoms with Crippen LogP contribution in [0.2, 0.25) is 0 Å². The average Bonchev–Trinajstić information content (AvgIpc) is 2.33. The summed E-state index contributed by atoms with van der Waals surface area (Å²) in [7, 11) is 0. The number of benzene rings is 1. The Balaban J connectivity index is 2.32. The van der Waals surface area contributed by atoms with Crippen LogP contribution in [-0.4, -0.2) is 35.2 Å². The first-order valence-corrected chi connectivity index (χ1v) is 6.60. The van der Waals surface area contributed by atoms with Crippen molar-refractivity contribution in [3.63, 3.8) is 0 Å². The Morgan fingerprint density at radius 3 is 2.74 bits per heavy atom. The molecule has 0 aromatic heterocycles. The zero-order chi connectivity index (χ0) is 14.2. The molecule has 1 aliphatic rings.